The van der Waals surface area contributed by atoms with E-state index in [1.54, 1.807) is 12.1 Å². The Morgan fingerprint density at radius 3 is 2.00 bits per heavy atom. The molecule has 1 aliphatic carbocycles. The Morgan fingerprint density at radius 2 is 1.48 bits per heavy atom. The van der Waals surface area contributed by atoms with Crippen molar-refractivity contribution in [2.24, 2.45) is 0 Å². The molecule has 0 saturated heterocycles. The number of benzene rings is 2. The first-order valence-electron chi connectivity index (χ1n) is 5.67. The molecule has 1 unspecified atom stereocenters. The third-order valence-corrected chi connectivity index (χ3v) is 7.67. The van der Waals surface area contributed by atoms with E-state index in [0.29, 0.717) is 5.39 Å². The maximum absolute atomic E-state index is 11.2. The van der Waals surface area contributed by atoms with Crippen LogP contribution in [0.15, 0.2) is 24.3 Å². The second-order valence-corrected chi connectivity index (χ2v) is 9.04. The summed E-state index contributed by atoms with van der Waals surface area (Å²) >= 11 is 10.6. The minimum atomic E-state index is -0.662. The number of hydrogen-bond acceptors (Lipinski definition) is 4. The molecule has 0 fully saturated rings. The van der Waals surface area contributed by atoms with E-state index in [1.165, 1.54) is 12.1 Å². The van der Waals surface area contributed by atoms with Crippen molar-refractivity contribution >= 4 is 69.9 Å². The van der Waals surface area contributed by atoms with Crippen LogP contribution in [0.25, 0.3) is 10.8 Å². The second kappa shape index (κ2) is 4.72. The zero-order chi connectivity index (χ0) is 15.5. The first-order valence-corrected chi connectivity index (χ1v) is 8.17. The van der Waals surface area contributed by atoms with Gasteiger partial charge in [-0.3, -0.25) is 20.2 Å². The van der Waals surface area contributed by atoms with Gasteiger partial charge in [0.2, 0.25) is 0 Å². The van der Waals surface area contributed by atoms with Gasteiger partial charge in [0.25, 0.3) is 11.4 Å². The summed E-state index contributed by atoms with van der Waals surface area (Å²) in [6.45, 7) is 0. The minimum absolute atomic E-state index is 0.0604. The normalized spacial score (nSPS) is 18.9. The topological polar surface area (TPSA) is 86.3 Å². The minimum Gasteiger partial charge on any atom is -0.258 e. The summed E-state index contributed by atoms with van der Waals surface area (Å²) in [6, 6.07) is 5.84. The standard InChI is InChI=1S/C12H5Br3N2O4/c13-11-5-1-3-7(16(18)19)10-8(17(20)21)4-2-6(9(5)10)12(11,14)15/h1-4,11H. The molecule has 0 saturated carbocycles. The Balaban J connectivity index is 2.56. The third kappa shape index (κ3) is 1.94. The van der Waals surface area contributed by atoms with Crippen molar-refractivity contribution in [3.05, 3.63) is 55.6 Å². The molecule has 1 aliphatic rings. The van der Waals surface area contributed by atoms with Crippen molar-refractivity contribution in [1.82, 2.24) is 0 Å². The summed E-state index contributed by atoms with van der Waals surface area (Å²) in [5, 5.41) is 23.0. The molecule has 9 heteroatoms. The van der Waals surface area contributed by atoms with E-state index in [1.807, 2.05) is 0 Å². The maximum atomic E-state index is 11.2. The molecule has 0 radical (unpaired) electrons. The van der Waals surface area contributed by atoms with E-state index in [-0.39, 0.29) is 21.6 Å². The predicted octanol–water partition coefficient (Wildman–Crippen LogP) is 5.05. The third-order valence-electron chi connectivity index (χ3n) is 3.49. The van der Waals surface area contributed by atoms with Gasteiger partial charge in [0, 0.05) is 17.5 Å². The van der Waals surface area contributed by atoms with E-state index in [4.69, 9.17) is 0 Å². The van der Waals surface area contributed by atoms with Crippen LogP contribution in [-0.4, -0.2) is 9.85 Å². The van der Waals surface area contributed by atoms with Gasteiger partial charge in [0.05, 0.1) is 14.7 Å². The fraction of sp³-hybridized carbons (Fsp3) is 0.167. The average Bonchev–Trinajstić information content (AvgIpc) is 2.61. The van der Waals surface area contributed by atoms with Gasteiger partial charge >= 0.3 is 0 Å². The quantitative estimate of drug-likeness (QED) is 0.342. The van der Waals surface area contributed by atoms with Crippen LogP contribution in [0.5, 0.6) is 0 Å². The highest BCUT2D eigenvalue weighted by Gasteiger charge is 2.45. The summed E-state index contributed by atoms with van der Waals surface area (Å²) < 4.78 is -0.662. The van der Waals surface area contributed by atoms with Crippen LogP contribution in [0.3, 0.4) is 0 Å². The van der Waals surface area contributed by atoms with Crippen molar-refractivity contribution in [3.8, 4) is 0 Å². The van der Waals surface area contributed by atoms with Crippen LogP contribution in [0.1, 0.15) is 16.0 Å². The lowest BCUT2D eigenvalue weighted by molar-refractivity contribution is -0.390. The second-order valence-electron chi connectivity index (χ2n) is 4.56. The number of hydrogen-bond donors (Lipinski definition) is 0. The molecule has 6 nitrogen and oxygen atoms in total. The Morgan fingerprint density at radius 1 is 0.952 bits per heavy atom. The molecule has 0 aliphatic heterocycles. The van der Waals surface area contributed by atoms with Crippen LogP contribution in [0, 0.1) is 20.2 Å². The van der Waals surface area contributed by atoms with Crippen LogP contribution in [0.4, 0.5) is 11.4 Å². The molecule has 0 amide bonds. The van der Waals surface area contributed by atoms with E-state index >= 15 is 0 Å². The lowest BCUT2D eigenvalue weighted by atomic mass is 10.0. The summed E-state index contributed by atoms with van der Waals surface area (Å²) in [5.74, 6) is 0. The number of halogens is 3. The molecular formula is C12H5Br3N2O4. The molecule has 1 atom stereocenters. The number of rotatable bonds is 2. The molecule has 3 rings (SSSR count). The number of nitrogens with zero attached hydrogens (tertiary/aromatic N) is 2. The van der Waals surface area contributed by atoms with Crippen molar-refractivity contribution < 1.29 is 9.85 Å². The number of alkyl halides is 3. The maximum Gasteiger partial charge on any atom is 0.284 e. The first-order chi connectivity index (χ1) is 9.76. The number of nitro benzene ring substituents is 2. The molecule has 108 valence electrons. The number of nitro groups is 2. The van der Waals surface area contributed by atoms with Crippen LogP contribution in [0.2, 0.25) is 0 Å². The smallest absolute Gasteiger partial charge is 0.258 e. The number of non-ortho nitro benzene ring substituents is 2. The largest absolute Gasteiger partial charge is 0.284 e. The molecule has 0 bridgehead atoms. The zero-order valence-corrected chi connectivity index (χ0v) is 14.8. The molecule has 21 heavy (non-hydrogen) atoms. The molecule has 0 spiro atoms. The summed E-state index contributed by atoms with van der Waals surface area (Å²) in [6.07, 6.45) is 0. The average molecular weight is 481 g/mol. The predicted molar refractivity (Wildman–Crippen MR) is 88.5 cm³/mol. The fourth-order valence-corrected chi connectivity index (χ4v) is 4.39. The van der Waals surface area contributed by atoms with Crippen LogP contribution >= 0.6 is 47.8 Å². The van der Waals surface area contributed by atoms with Gasteiger partial charge < -0.3 is 0 Å². The van der Waals surface area contributed by atoms with E-state index in [2.05, 4.69) is 47.8 Å². The van der Waals surface area contributed by atoms with Crippen LogP contribution in [-0.2, 0) is 3.23 Å². The highest BCUT2D eigenvalue weighted by Crippen LogP contribution is 2.62. The van der Waals surface area contributed by atoms with Gasteiger partial charge in [-0.05, 0) is 17.2 Å². The molecule has 0 aromatic heterocycles. The molecule has 0 heterocycles. The highest BCUT2D eigenvalue weighted by molar-refractivity contribution is 9.25. The van der Waals surface area contributed by atoms with Gasteiger partial charge in [-0.1, -0.05) is 53.9 Å². The van der Waals surface area contributed by atoms with Gasteiger partial charge in [0.1, 0.15) is 8.62 Å². The zero-order valence-electron chi connectivity index (χ0n) is 10.0. The van der Waals surface area contributed by atoms with Gasteiger partial charge in [-0.2, -0.15) is 0 Å². The van der Waals surface area contributed by atoms with E-state index in [0.717, 1.165) is 11.1 Å². The van der Waals surface area contributed by atoms with Gasteiger partial charge in [-0.15, -0.1) is 0 Å². The Labute approximate surface area is 143 Å². The Kier molecular flexibility index (Phi) is 3.34. The summed E-state index contributed by atoms with van der Waals surface area (Å²) in [5.41, 5.74) is 0.964. The van der Waals surface area contributed by atoms with Crippen molar-refractivity contribution in [3.63, 3.8) is 0 Å². The van der Waals surface area contributed by atoms with E-state index < -0.39 is 13.1 Å². The lowest BCUT2D eigenvalue weighted by Crippen LogP contribution is -2.08. The molecular weight excluding hydrogens is 476 g/mol. The highest BCUT2D eigenvalue weighted by atomic mass is 79.9. The molecule has 2 aromatic carbocycles. The molecule has 2 aromatic rings. The van der Waals surface area contributed by atoms with E-state index in [9.17, 15) is 20.2 Å². The Hall–Kier alpha value is -1.06. The monoisotopic (exact) mass is 478 g/mol. The van der Waals surface area contributed by atoms with Crippen molar-refractivity contribution in [2.45, 2.75) is 8.06 Å². The summed E-state index contributed by atoms with van der Waals surface area (Å²) in [7, 11) is 0. The van der Waals surface area contributed by atoms with Crippen LogP contribution < -0.4 is 0 Å². The van der Waals surface area contributed by atoms with Crippen molar-refractivity contribution in [1.29, 1.82) is 0 Å². The SMILES string of the molecule is O=[N+]([O-])c1ccc2c3c(ccc([N+](=O)[O-])c13)C(Br)(Br)C2Br. The van der Waals surface area contributed by atoms with Gasteiger partial charge in [-0.25, -0.2) is 0 Å². The fourth-order valence-electron chi connectivity index (χ4n) is 2.61. The lowest BCUT2D eigenvalue weighted by Gasteiger charge is -2.19. The first kappa shape index (κ1) is 14.9. The van der Waals surface area contributed by atoms with Gasteiger partial charge in [0.15, 0.2) is 0 Å². The van der Waals surface area contributed by atoms with Crippen molar-refractivity contribution in [2.75, 3.05) is 0 Å². The Bertz CT molecular complexity index is 801. The summed E-state index contributed by atoms with van der Waals surface area (Å²) in [4.78, 5) is 21.1. The molecule has 0 N–H and O–H groups in total.